The summed E-state index contributed by atoms with van der Waals surface area (Å²) in [5, 5.41) is 4.16. The minimum atomic E-state index is 1.02. The molecule has 0 aromatic carbocycles. The summed E-state index contributed by atoms with van der Waals surface area (Å²) in [4.78, 5) is 0. The normalized spacial score (nSPS) is 10.2. The van der Waals surface area contributed by atoms with E-state index in [1.54, 1.807) is 0 Å². The van der Waals surface area contributed by atoms with Crippen LogP contribution in [-0.4, -0.2) is 9.78 Å². The Morgan fingerprint density at radius 3 is 2.11 bits per heavy atom. The van der Waals surface area contributed by atoms with E-state index in [9.17, 15) is 0 Å². The fourth-order valence-electron chi connectivity index (χ4n) is 0.817. The van der Waals surface area contributed by atoms with Gasteiger partial charge in [-0.05, 0) is 26.3 Å². The maximum absolute atomic E-state index is 4.16. The molecule has 0 aliphatic carbocycles. The zero-order valence-corrected chi connectivity index (χ0v) is 6.10. The van der Waals surface area contributed by atoms with Gasteiger partial charge in [-0.2, -0.15) is 5.10 Å². The van der Waals surface area contributed by atoms with Crippen LogP contribution in [0, 0.1) is 20.8 Å². The highest BCUT2D eigenvalue weighted by Gasteiger charge is 2.01. The number of rotatable bonds is 0. The van der Waals surface area contributed by atoms with Crippen LogP contribution in [-0.2, 0) is 7.05 Å². The molecule has 1 aromatic heterocycles. The summed E-state index contributed by atoms with van der Waals surface area (Å²) >= 11 is 0. The van der Waals surface area contributed by atoms with Crippen LogP contribution in [0.15, 0.2) is 0 Å². The highest BCUT2D eigenvalue weighted by molar-refractivity contribution is 5.26. The molecule has 9 heavy (non-hydrogen) atoms. The van der Waals surface area contributed by atoms with Crippen LogP contribution in [0.2, 0.25) is 0 Å². The summed E-state index contributed by atoms with van der Waals surface area (Å²) in [6.45, 7) is 7.84. The molecule has 1 aromatic rings. The molecule has 0 amide bonds. The second kappa shape index (κ2) is 1.87. The molecule has 0 fully saturated rings. The van der Waals surface area contributed by atoms with E-state index in [0.717, 1.165) is 17.0 Å². The van der Waals surface area contributed by atoms with Crippen LogP contribution in [0.5, 0.6) is 0 Å². The van der Waals surface area contributed by atoms with E-state index in [2.05, 4.69) is 12.0 Å². The lowest BCUT2D eigenvalue weighted by Gasteiger charge is -1.90. The van der Waals surface area contributed by atoms with Crippen molar-refractivity contribution in [1.29, 1.82) is 0 Å². The van der Waals surface area contributed by atoms with Crippen molar-refractivity contribution in [3.8, 4) is 0 Å². The Hall–Kier alpha value is -0.790. The second-order valence-corrected chi connectivity index (χ2v) is 2.27. The Kier molecular flexibility index (Phi) is 1.31. The van der Waals surface area contributed by atoms with E-state index in [1.165, 1.54) is 0 Å². The summed E-state index contributed by atoms with van der Waals surface area (Å²) in [5.41, 5.74) is 3.22. The molecular weight excluding hydrogens is 112 g/mol. The van der Waals surface area contributed by atoms with Gasteiger partial charge in [-0.25, -0.2) is 0 Å². The van der Waals surface area contributed by atoms with Crippen molar-refractivity contribution >= 4 is 0 Å². The minimum absolute atomic E-state index is 1.02. The van der Waals surface area contributed by atoms with Crippen molar-refractivity contribution in [2.75, 3.05) is 0 Å². The molecule has 1 rings (SSSR count). The van der Waals surface area contributed by atoms with Crippen molar-refractivity contribution in [3.63, 3.8) is 0 Å². The molecule has 0 spiro atoms. The Morgan fingerprint density at radius 1 is 1.44 bits per heavy atom. The minimum Gasteiger partial charge on any atom is -0.272 e. The van der Waals surface area contributed by atoms with Gasteiger partial charge in [-0.1, -0.05) is 0 Å². The summed E-state index contributed by atoms with van der Waals surface area (Å²) in [7, 11) is 1.93. The fraction of sp³-hybridized carbons (Fsp3) is 0.429. The van der Waals surface area contributed by atoms with E-state index in [0.29, 0.717) is 0 Å². The third kappa shape index (κ3) is 0.846. The van der Waals surface area contributed by atoms with Crippen molar-refractivity contribution in [2.24, 2.45) is 7.05 Å². The SMILES string of the molecule is [CH2]c1c(C)nn(C)c1C. The average molecular weight is 123 g/mol. The van der Waals surface area contributed by atoms with Gasteiger partial charge in [-0.3, -0.25) is 4.68 Å². The highest BCUT2D eigenvalue weighted by atomic mass is 15.3. The molecule has 2 nitrogen and oxygen atoms in total. The lowest BCUT2D eigenvalue weighted by atomic mass is 10.2. The molecule has 0 unspecified atom stereocenters. The van der Waals surface area contributed by atoms with Crippen molar-refractivity contribution in [2.45, 2.75) is 13.8 Å². The molecule has 0 N–H and O–H groups in total. The zero-order chi connectivity index (χ0) is 7.02. The molecule has 0 saturated carbocycles. The van der Waals surface area contributed by atoms with E-state index in [4.69, 9.17) is 0 Å². The van der Waals surface area contributed by atoms with E-state index >= 15 is 0 Å². The van der Waals surface area contributed by atoms with Crippen LogP contribution >= 0.6 is 0 Å². The first-order valence-corrected chi connectivity index (χ1v) is 2.95. The summed E-state index contributed by atoms with van der Waals surface area (Å²) in [6, 6.07) is 0. The van der Waals surface area contributed by atoms with Gasteiger partial charge >= 0.3 is 0 Å². The predicted octanol–water partition coefficient (Wildman–Crippen LogP) is 1.22. The van der Waals surface area contributed by atoms with Gasteiger partial charge in [0.15, 0.2) is 0 Å². The van der Waals surface area contributed by atoms with Gasteiger partial charge in [-0.15, -0.1) is 0 Å². The van der Waals surface area contributed by atoms with Crippen LogP contribution in [0.3, 0.4) is 0 Å². The first-order chi connectivity index (χ1) is 4.13. The molecule has 49 valence electrons. The predicted molar refractivity (Wildman–Crippen MR) is 37.1 cm³/mol. The van der Waals surface area contributed by atoms with Crippen molar-refractivity contribution < 1.29 is 0 Å². The maximum Gasteiger partial charge on any atom is 0.0628 e. The Bertz CT molecular complexity index is 201. The topological polar surface area (TPSA) is 17.8 Å². The van der Waals surface area contributed by atoms with Crippen LogP contribution in [0.1, 0.15) is 17.0 Å². The molecule has 0 atom stereocenters. The molecule has 1 heterocycles. The number of hydrogen-bond acceptors (Lipinski definition) is 1. The van der Waals surface area contributed by atoms with Gasteiger partial charge in [0.25, 0.3) is 0 Å². The zero-order valence-electron chi connectivity index (χ0n) is 6.10. The van der Waals surface area contributed by atoms with Gasteiger partial charge in [0, 0.05) is 12.7 Å². The molecule has 1 radical (unpaired) electrons. The monoisotopic (exact) mass is 123 g/mol. The molecular formula is C7H11N2. The Morgan fingerprint density at radius 2 is 2.00 bits per heavy atom. The number of hydrogen-bond donors (Lipinski definition) is 0. The first-order valence-electron chi connectivity index (χ1n) is 2.95. The largest absolute Gasteiger partial charge is 0.272 e. The van der Waals surface area contributed by atoms with Gasteiger partial charge < -0.3 is 0 Å². The standard InChI is InChI=1S/C7H11N2/c1-5-6(2)8-9(4)7(5)3/h1H2,2-4H3. The number of aryl methyl sites for hydroxylation is 2. The smallest absolute Gasteiger partial charge is 0.0628 e. The quantitative estimate of drug-likeness (QED) is 0.507. The average Bonchev–Trinajstić information content (AvgIpc) is 1.98. The Labute approximate surface area is 55.5 Å². The van der Waals surface area contributed by atoms with Crippen molar-refractivity contribution in [3.05, 3.63) is 23.9 Å². The van der Waals surface area contributed by atoms with E-state index < -0.39 is 0 Å². The van der Waals surface area contributed by atoms with Gasteiger partial charge in [0.2, 0.25) is 0 Å². The third-order valence-corrected chi connectivity index (χ3v) is 1.66. The van der Waals surface area contributed by atoms with Crippen LogP contribution in [0.4, 0.5) is 0 Å². The lowest BCUT2D eigenvalue weighted by Crippen LogP contribution is -1.92. The second-order valence-electron chi connectivity index (χ2n) is 2.27. The summed E-state index contributed by atoms with van der Waals surface area (Å²) < 4.78 is 1.84. The lowest BCUT2D eigenvalue weighted by molar-refractivity contribution is 0.731. The molecule has 0 bridgehead atoms. The molecule has 0 aliphatic rings. The van der Waals surface area contributed by atoms with Crippen LogP contribution in [0.25, 0.3) is 0 Å². The maximum atomic E-state index is 4.16. The number of nitrogens with zero attached hydrogens (tertiary/aromatic N) is 2. The molecule has 2 heteroatoms. The van der Waals surface area contributed by atoms with Crippen LogP contribution < -0.4 is 0 Å². The van der Waals surface area contributed by atoms with E-state index in [1.807, 2.05) is 25.6 Å². The summed E-state index contributed by atoms with van der Waals surface area (Å²) in [6.07, 6.45) is 0. The van der Waals surface area contributed by atoms with Gasteiger partial charge in [0.1, 0.15) is 0 Å². The number of aromatic nitrogens is 2. The van der Waals surface area contributed by atoms with Gasteiger partial charge in [0.05, 0.1) is 5.69 Å². The van der Waals surface area contributed by atoms with E-state index in [-0.39, 0.29) is 0 Å². The fourth-order valence-corrected chi connectivity index (χ4v) is 0.817. The molecule has 0 aliphatic heterocycles. The third-order valence-electron chi connectivity index (χ3n) is 1.66. The van der Waals surface area contributed by atoms with Crippen molar-refractivity contribution in [1.82, 2.24) is 9.78 Å². The summed E-state index contributed by atoms with van der Waals surface area (Å²) in [5.74, 6) is 0. The first kappa shape index (κ1) is 6.33. The molecule has 0 saturated heterocycles. The Balaban J connectivity index is 3.29. The highest BCUT2D eigenvalue weighted by Crippen LogP contribution is 2.08.